The molecule has 1 heterocycles. The lowest BCUT2D eigenvalue weighted by molar-refractivity contribution is -0.113. The molecule has 0 saturated heterocycles. The summed E-state index contributed by atoms with van der Waals surface area (Å²) in [7, 11) is 1.58. The minimum Gasteiger partial charge on any atom is -0.497 e. The van der Waals surface area contributed by atoms with Crippen LogP contribution in [-0.2, 0) is 4.79 Å². The molecule has 0 aliphatic heterocycles. The SMILES string of the molecule is COc1ccc(NC(=O)CSc2nnc([C@@H](C)Oc3ccc(F)cc3)o2)cc1. The molecule has 3 aromatic rings. The molecule has 9 heteroatoms. The van der Waals surface area contributed by atoms with Gasteiger partial charge in [0.05, 0.1) is 12.9 Å². The van der Waals surface area contributed by atoms with Crippen molar-refractivity contribution in [2.75, 3.05) is 18.2 Å². The number of rotatable bonds is 8. The lowest BCUT2D eigenvalue weighted by Crippen LogP contribution is -2.13. The smallest absolute Gasteiger partial charge is 0.277 e. The zero-order chi connectivity index (χ0) is 19.9. The second-order valence-electron chi connectivity index (χ2n) is 5.69. The molecular formula is C19H18FN3O4S. The minimum atomic E-state index is -0.513. The second-order valence-corrected chi connectivity index (χ2v) is 6.61. The molecule has 7 nitrogen and oxygen atoms in total. The molecule has 2 aromatic carbocycles. The fourth-order valence-corrected chi connectivity index (χ4v) is 2.78. The topological polar surface area (TPSA) is 86.5 Å². The first-order valence-electron chi connectivity index (χ1n) is 8.36. The van der Waals surface area contributed by atoms with Gasteiger partial charge < -0.3 is 19.2 Å². The molecule has 0 saturated carbocycles. The van der Waals surface area contributed by atoms with Gasteiger partial charge in [-0.15, -0.1) is 10.2 Å². The van der Waals surface area contributed by atoms with E-state index in [-0.39, 0.29) is 28.6 Å². The standard InChI is InChI=1S/C19H18FN3O4S/c1-12(26-16-7-3-13(20)4-8-16)18-22-23-19(27-18)28-11-17(24)21-14-5-9-15(25-2)10-6-14/h3-10,12H,11H2,1-2H3,(H,21,24)/t12-/m1/s1. The van der Waals surface area contributed by atoms with Crippen LogP contribution < -0.4 is 14.8 Å². The van der Waals surface area contributed by atoms with Crippen molar-refractivity contribution in [1.29, 1.82) is 0 Å². The number of ether oxygens (including phenoxy) is 2. The first-order chi connectivity index (χ1) is 13.5. The van der Waals surface area contributed by atoms with Crippen molar-refractivity contribution >= 4 is 23.4 Å². The van der Waals surface area contributed by atoms with Crippen molar-refractivity contribution in [3.8, 4) is 11.5 Å². The van der Waals surface area contributed by atoms with Gasteiger partial charge in [0.25, 0.3) is 11.1 Å². The molecule has 0 fully saturated rings. The number of nitrogens with zero attached hydrogens (tertiary/aromatic N) is 2. The summed E-state index contributed by atoms with van der Waals surface area (Å²) in [5, 5.41) is 10.9. The van der Waals surface area contributed by atoms with Crippen molar-refractivity contribution in [1.82, 2.24) is 10.2 Å². The molecule has 1 amide bonds. The van der Waals surface area contributed by atoms with Gasteiger partial charge in [0, 0.05) is 5.69 Å². The molecule has 0 bridgehead atoms. The normalized spacial score (nSPS) is 11.7. The Kier molecular flexibility index (Phi) is 6.49. The van der Waals surface area contributed by atoms with E-state index in [1.807, 2.05) is 0 Å². The largest absolute Gasteiger partial charge is 0.497 e. The predicted octanol–water partition coefficient (Wildman–Crippen LogP) is 4.09. The van der Waals surface area contributed by atoms with Crippen molar-refractivity contribution in [2.45, 2.75) is 18.3 Å². The highest BCUT2D eigenvalue weighted by molar-refractivity contribution is 7.99. The number of benzene rings is 2. The number of nitrogens with one attached hydrogen (secondary N) is 1. The Labute approximate surface area is 165 Å². The minimum absolute atomic E-state index is 0.112. The number of hydrogen-bond donors (Lipinski definition) is 1. The third-order valence-corrected chi connectivity index (χ3v) is 4.42. The average molecular weight is 403 g/mol. The van der Waals surface area contributed by atoms with Crippen molar-refractivity contribution in [3.05, 3.63) is 60.2 Å². The third kappa shape index (κ3) is 5.46. The molecule has 0 aliphatic rings. The molecule has 0 aliphatic carbocycles. The van der Waals surface area contributed by atoms with E-state index in [1.165, 1.54) is 24.3 Å². The zero-order valence-corrected chi connectivity index (χ0v) is 16.0. The van der Waals surface area contributed by atoms with E-state index in [9.17, 15) is 9.18 Å². The van der Waals surface area contributed by atoms with E-state index in [4.69, 9.17) is 13.9 Å². The molecule has 1 atom stereocenters. The van der Waals surface area contributed by atoms with Gasteiger partial charge in [-0.05, 0) is 55.5 Å². The lowest BCUT2D eigenvalue weighted by atomic mass is 10.3. The molecular weight excluding hydrogens is 385 g/mol. The quantitative estimate of drug-likeness (QED) is 0.567. The predicted molar refractivity (Wildman–Crippen MR) is 102 cm³/mol. The van der Waals surface area contributed by atoms with Crippen LogP contribution in [-0.4, -0.2) is 29.0 Å². The Morgan fingerprint density at radius 3 is 2.50 bits per heavy atom. The number of amides is 1. The van der Waals surface area contributed by atoms with Gasteiger partial charge in [0.1, 0.15) is 17.3 Å². The van der Waals surface area contributed by atoms with Crippen LogP contribution in [0.3, 0.4) is 0 Å². The monoisotopic (exact) mass is 403 g/mol. The Balaban J connectivity index is 1.49. The number of thioether (sulfide) groups is 1. The summed E-state index contributed by atoms with van der Waals surface area (Å²) >= 11 is 1.12. The molecule has 28 heavy (non-hydrogen) atoms. The first-order valence-corrected chi connectivity index (χ1v) is 9.34. The fraction of sp³-hybridized carbons (Fsp3) is 0.211. The first kappa shape index (κ1) is 19.7. The summed E-state index contributed by atoms with van der Waals surface area (Å²) in [6.45, 7) is 1.74. The highest BCUT2D eigenvalue weighted by Crippen LogP contribution is 2.24. The number of carbonyl (C=O) groups excluding carboxylic acids is 1. The van der Waals surface area contributed by atoms with Crippen LogP contribution in [0.5, 0.6) is 11.5 Å². The fourth-order valence-electron chi connectivity index (χ4n) is 2.21. The van der Waals surface area contributed by atoms with E-state index in [0.29, 0.717) is 17.2 Å². The van der Waals surface area contributed by atoms with E-state index < -0.39 is 6.10 Å². The van der Waals surface area contributed by atoms with Gasteiger partial charge in [0.15, 0.2) is 6.10 Å². The summed E-state index contributed by atoms with van der Waals surface area (Å²) in [5.41, 5.74) is 0.666. The molecule has 0 radical (unpaired) electrons. The van der Waals surface area contributed by atoms with E-state index in [2.05, 4.69) is 15.5 Å². The molecule has 1 N–H and O–H groups in total. The number of aromatic nitrogens is 2. The van der Waals surface area contributed by atoms with Crippen LogP contribution in [0.1, 0.15) is 18.9 Å². The van der Waals surface area contributed by atoms with Gasteiger partial charge in [-0.25, -0.2) is 4.39 Å². The second kappa shape index (κ2) is 9.23. The number of anilines is 1. The van der Waals surface area contributed by atoms with Gasteiger partial charge in [0.2, 0.25) is 5.91 Å². The lowest BCUT2D eigenvalue weighted by Gasteiger charge is -2.10. The van der Waals surface area contributed by atoms with E-state index >= 15 is 0 Å². The maximum Gasteiger partial charge on any atom is 0.277 e. The van der Waals surface area contributed by atoms with Crippen LogP contribution in [0.15, 0.2) is 58.2 Å². The maximum atomic E-state index is 12.9. The van der Waals surface area contributed by atoms with E-state index in [1.54, 1.807) is 38.3 Å². The van der Waals surface area contributed by atoms with Crippen LogP contribution in [0.2, 0.25) is 0 Å². The molecule has 0 spiro atoms. The average Bonchev–Trinajstić information content (AvgIpc) is 3.18. The third-order valence-electron chi connectivity index (χ3n) is 3.60. The molecule has 146 valence electrons. The summed E-state index contributed by atoms with van der Waals surface area (Å²) < 4.78 is 29.2. The Morgan fingerprint density at radius 2 is 1.82 bits per heavy atom. The van der Waals surface area contributed by atoms with E-state index in [0.717, 1.165) is 11.8 Å². The van der Waals surface area contributed by atoms with Gasteiger partial charge in [-0.2, -0.15) is 0 Å². The van der Waals surface area contributed by atoms with Crippen molar-refractivity contribution in [3.63, 3.8) is 0 Å². The van der Waals surface area contributed by atoms with Crippen LogP contribution in [0.4, 0.5) is 10.1 Å². The molecule has 3 rings (SSSR count). The molecule has 1 aromatic heterocycles. The number of halogens is 1. The van der Waals surface area contributed by atoms with Gasteiger partial charge in [-0.1, -0.05) is 11.8 Å². The van der Waals surface area contributed by atoms with Gasteiger partial charge in [-0.3, -0.25) is 4.79 Å². The van der Waals surface area contributed by atoms with Crippen LogP contribution in [0, 0.1) is 5.82 Å². The van der Waals surface area contributed by atoms with Gasteiger partial charge >= 0.3 is 0 Å². The summed E-state index contributed by atoms with van der Waals surface area (Å²) in [4.78, 5) is 12.0. The maximum absolute atomic E-state index is 12.9. The Hall–Kier alpha value is -3.07. The molecule has 0 unspecified atom stereocenters. The number of hydrogen-bond acceptors (Lipinski definition) is 7. The highest BCUT2D eigenvalue weighted by atomic mass is 32.2. The Bertz CT molecular complexity index is 916. The van der Waals surface area contributed by atoms with Crippen LogP contribution >= 0.6 is 11.8 Å². The number of carbonyl (C=O) groups is 1. The zero-order valence-electron chi connectivity index (χ0n) is 15.2. The summed E-state index contributed by atoms with van der Waals surface area (Å²) in [5.74, 6) is 1.03. The number of methoxy groups -OCH3 is 1. The van der Waals surface area contributed by atoms with Crippen molar-refractivity contribution < 1.29 is 23.1 Å². The summed E-state index contributed by atoms with van der Waals surface area (Å²) in [6, 6.07) is 12.7. The Morgan fingerprint density at radius 1 is 1.14 bits per heavy atom. The van der Waals surface area contributed by atoms with Crippen molar-refractivity contribution in [2.24, 2.45) is 0 Å². The highest BCUT2D eigenvalue weighted by Gasteiger charge is 2.17. The van der Waals surface area contributed by atoms with Crippen LogP contribution in [0.25, 0.3) is 0 Å². The summed E-state index contributed by atoms with van der Waals surface area (Å²) in [6.07, 6.45) is -0.513.